The molecule has 0 unspecified atom stereocenters. The fourth-order valence-electron chi connectivity index (χ4n) is 1.91. The Morgan fingerprint density at radius 2 is 2.16 bits per heavy atom. The molecule has 1 aromatic rings. The summed E-state index contributed by atoms with van der Waals surface area (Å²) in [7, 11) is 0. The van der Waals surface area contributed by atoms with Crippen molar-refractivity contribution >= 4 is 5.91 Å². The molecule has 2 rings (SSSR count). The van der Waals surface area contributed by atoms with E-state index in [0.717, 1.165) is 12.1 Å². The lowest BCUT2D eigenvalue weighted by Crippen LogP contribution is -2.40. The number of hydrogen-bond acceptors (Lipinski definition) is 3. The second kappa shape index (κ2) is 5.97. The van der Waals surface area contributed by atoms with Crippen LogP contribution in [0.3, 0.4) is 0 Å². The van der Waals surface area contributed by atoms with Crippen LogP contribution >= 0.6 is 0 Å². The maximum Gasteiger partial charge on any atom is 0.257 e. The van der Waals surface area contributed by atoms with Crippen molar-refractivity contribution in [1.29, 1.82) is 0 Å². The van der Waals surface area contributed by atoms with E-state index in [9.17, 15) is 13.6 Å². The molecule has 1 fully saturated rings. The largest absolute Gasteiger partial charge is 0.481 e. The van der Waals surface area contributed by atoms with Gasteiger partial charge in [0.1, 0.15) is 5.82 Å². The summed E-state index contributed by atoms with van der Waals surface area (Å²) in [5.41, 5.74) is 0. The molecular weight excluding hydrogens is 256 g/mol. The Morgan fingerprint density at radius 3 is 2.79 bits per heavy atom. The predicted octanol–water partition coefficient (Wildman–Crippen LogP) is 1.23. The molecule has 104 valence electrons. The van der Waals surface area contributed by atoms with Crippen molar-refractivity contribution in [2.45, 2.75) is 18.9 Å². The normalized spacial score (nSPS) is 21.6. The first kappa shape index (κ1) is 13.7. The molecule has 1 amide bonds. The minimum Gasteiger partial charge on any atom is -0.481 e. The molecule has 4 nitrogen and oxygen atoms in total. The van der Waals surface area contributed by atoms with Gasteiger partial charge in [0.15, 0.2) is 18.2 Å². The fraction of sp³-hybridized carbons (Fsp3) is 0.462. The third-order valence-electron chi connectivity index (χ3n) is 3.05. The second-order valence-electron chi connectivity index (χ2n) is 4.66. The van der Waals surface area contributed by atoms with Crippen LogP contribution in [0.25, 0.3) is 0 Å². The number of aliphatic hydroxyl groups is 1. The molecule has 1 aromatic carbocycles. The monoisotopic (exact) mass is 271 g/mol. The van der Waals surface area contributed by atoms with Crippen LogP contribution < -0.4 is 10.1 Å². The van der Waals surface area contributed by atoms with E-state index in [1.165, 1.54) is 0 Å². The van der Waals surface area contributed by atoms with Crippen molar-refractivity contribution in [2.75, 3.05) is 13.2 Å². The lowest BCUT2D eigenvalue weighted by atomic mass is 9.82. The third kappa shape index (κ3) is 3.89. The van der Waals surface area contributed by atoms with Crippen LogP contribution in [0.1, 0.15) is 12.8 Å². The quantitative estimate of drug-likeness (QED) is 0.847. The molecule has 0 atom stereocenters. The van der Waals surface area contributed by atoms with Gasteiger partial charge in [0.25, 0.3) is 5.91 Å². The van der Waals surface area contributed by atoms with Gasteiger partial charge in [-0.3, -0.25) is 4.79 Å². The molecule has 6 heteroatoms. The number of nitrogens with one attached hydrogen (secondary N) is 1. The summed E-state index contributed by atoms with van der Waals surface area (Å²) in [6, 6.07) is 2.90. The van der Waals surface area contributed by atoms with Crippen LogP contribution in [0.4, 0.5) is 8.78 Å². The summed E-state index contributed by atoms with van der Waals surface area (Å²) < 4.78 is 30.8. The number of benzene rings is 1. The van der Waals surface area contributed by atoms with E-state index in [2.05, 4.69) is 5.32 Å². The highest BCUT2D eigenvalue weighted by Gasteiger charge is 2.27. The van der Waals surface area contributed by atoms with Crippen LogP contribution in [-0.4, -0.2) is 30.3 Å². The average molecular weight is 271 g/mol. The minimum absolute atomic E-state index is 0.157. The Labute approximate surface area is 109 Å². The summed E-state index contributed by atoms with van der Waals surface area (Å²) in [6.07, 6.45) is 1.12. The average Bonchev–Trinajstić information content (AvgIpc) is 2.32. The van der Waals surface area contributed by atoms with Crippen LogP contribution in [-0.2, 0) is 4.79 Å². The van der Waals surface area contributed by atoms with Gasteiger partial charge < -0.3 is 15.2 Å². The van der Waals surface area contributed by atoms with Gasteiger partial charge >= 0.3 is 0 Å². The van der Waals surface area contributed by atoms with Crippen LogP contribution in [0.5, 0.6) is 5.75 Å². The maximum absolute atomic E-state index is 13.2. The number of hydrogen-bond donors (Lipinski definition) is 2. The van der Waals surface area contributed by atoms with E-state index < -0.39 is 11.6 Å². The van der Waals surface area contributed by atoms with Gasteiger partial charge in [0, 0.05) is 12.6 Å². The van der Waals surface area contributed by atoms with Gasteiger partial charge in [0.05, 0.1) is 6.10 Å². The molecule has 0 radical (unpaired) electrons. The predicted molar refractivity (Wildman–Crippen MR) is 63.6 cm³/mol. The highest BCUT2D eigenvalue weighted by atomic mass is 19.1. The van der Waals surface area contributed by atoms with Crippen molar-refractivity contribution in [3.63, 3.8) is 0 Å². The second-order valence-corrected chi connectivity index (χ2v) is 4.66. The lowest BCUT2D eigenvalue weighted by Gasteiger charge is -2.31. The Balaban J connectivity index is 1.71. The molecule has 0 aromatic heterocycles. The Morgan fingerprint density at radius 1 is 1.42 bits per heavy atom. The smallest absolute Gasteiger partial charge is 0.257 e. The lowest BCUT2D eigenvalue weighted by molar-refractivity contribution is -0.123. The van der Waals surface area contributed by atoms with Crippen LogP contribution in [0.2, 0.25) is 0 Å². The van der Waals surface area contributed by atoms with Gasteiger partial charge in [-0.05, 0) is 30.9 Å². The highest BCUT2D eigenvalue weighted by Crippen LogP contribution is 2.26. The van der Waals surface area contributed by atoms with E-state index in [1.807, 2.05) is 0 Å². The third-order valence-corrected chi connectivity index (χ3v) is 3.05. The zero-order valence-electron chi connectivity index (χ0n) is 10.2. The minimum atomic E-state index is -0.838. The highest BCUT2D eigenvalue weighted by molar-refractivity contribution is 5.77. The summed E-state index contributed by atoms with van der Waals surface area (Å²) in [5.74, 6) is -1.77. The van der Waals surface area contributed by atoms with Crippen molar-refractivity contribution in [1.82, 2.24) is 5.32 Å². The zero-order valence-corrected chi connectivity index (χ0v) is 10.2. The molecule has 1 aliphatic carbocycles. The summed E-state index contributed by atoms with van der Waals surface area (Å²) >= 11 is 0. The van der Waals surface area contributed by atoms with Crippen molar-refractivity contribution in [2.24, 2.45) is 5.92 Å². The van der Waals surface area contributed by atoms with Gasteiger partial charge in [0.2, 0.25) is 0 Å². The zero-order chi connectivity index (χ0) is 13.8. The summed E-state index contributed by atoms with van der Waals surface area (Å²) in [5, 5.41) is 11.7. The molecule has 0 heterocycles. The fourth-order valence-corrected chi connectivity index (χ4v) is 1.91. The first-order valence-electron chi connectivity index (χ1n) is 6.07. The molecule has 2 N–H and O–H groups in total. The number of carbonyl (C=O) groups excluding carboxylic acids is 1. The number of aliphatic hydroxyl groups excluding tert-OH is 1. The molecule has 1 saturated carbocycles. The van der Waals surface area contributed by atoms with E-state index in [-0.39, 0.29) is 24.4 Å². The van der Waals surface area contributed by atoms with E-state index in [1.54, 1.807) is 0 Å². The summed E-state index contributed by atoms with van der Waals surface area (Å²) in [6.45, 7) is 0.156. The van der Waals surface area contributed by atoms with E-state index >= 15 is 0 Å². The number of ether oxygens (including phenoxy) is 1. The standard InChI is InChI=1S/C13H15F2NO3/c14-9-1-2-12(11(15)5-9)19-7-13(18)16-6-8-3-10(17)4-8/h1-2,5,8,10,17H,3-4,6-7H2,(H,16,18). The molecule has 0 saturated heterocycles. The van der Waals surface area contributed by atoms with Crippen molar-refractivity contribution < 1.29 is 23.4 Å². The first-order chi connectivity index (χ1) is 9.04. The number of carbonyl (C=O) groups is 1. The van der Waals surface area contributed by atoms with E-state index in [0.29, 0.717) is 31.4 Å². The maximum atomic E-state index is 13.2. The van der Waals surface area contributed by atoms with E-state index in [4.69, 9.17) is 9.84 Å². The Bertz CT molecular complexity index is 461. The molecule has 1 aliphatic rings. The molecule has 19 heavy (non-hydrogen) atoms. The Hall–Kier alpha value is -1.69. The van der Waals surface area contributed by atoms with Gasteiger partial charge in [-0.15, -0.1) is 0 Å². The first-order valence-corrected chi connectivity index (χ1v) is 6.07. The number of halogens is 2. The molecule has 0 aliphatic heterocycles. The molecule has 0 bridgehead atoms. The van der Waals surface area contributed by atoms with Crippen molar-refractivity contribution in [3.8, 4) is 5.75 Å². The Kier molecular flexibility index (Phi) is 4.31. The molecular formula is C13H15F2NO3. The van der Waals surface area contributed by atoms with Gasteiger partial charge in [-0.25, -0.2) is 8.78 Å². The summed E-state index contributed by atoms with van der Waals surface area (Å²) in [4.78, 5) is 11.4. The SMILES string of the molecule is O=C(COc1ccc(F)cc1F)NCC1CC(O)C1. The number of rotatable bonds is 5. The van der Waals surface area contributed by atoms with Gasteiger partial charge in [-0.2, -0.15) is 0 Å². The van der Waals surface area contributed by atoms with Crippen LogP contribution in [0, 0.1) is 17.6 Å². The topological polar surface area (TPSA) is 58.6 Å². The van der Waals surface area contributed by atoms with Crippen LogP contribution in [0.15, 0.2) is 18.2 Å². The van der Waals surface area contributed by atoms with Crippen molar-refractivity contribution in [3.05, 3.63) is 29.8 Å². The molecule has 0 spiro atoms. The number of amides is 1. The van der Waals surface area contributed by atoms with Gasteiger partial charge in [-0.1, -0.05) is 0 Å².